The van der Waals surface area contributed by atoms with Crippen LogP contribution in [0.4, 0.5) is 5.82 Å². The minimum absolute atomic E-state index is 0.0108. The van der Waals surface area contributed by atoms with E-state index < -0.39 is 0 Å². The molecule has 0 aliphatic carbocycles. The van der Waals surface area contributed by atoms with Crippen LogP contribution >= 0.6 is 0 Å². The molecule has 0 spiro atoms. The molecule has 2 aromatic heterocycles. The van der Waals surface area contributed by atoms with Crippen LogP contribution in [0.25, 0.3) is 23.1 Å². The van der Waals surface area contributed by atoms with Crippen LogP contribution in [-0.4, -0.2) is 53.5 Å². The molecule has 0 aliphatic rings. The number of rotatable bonds is 9. The molecule has 7 heteroatoms. The average molecular weight is 366 g/mol. The Morgan fingerprint density at radius 2 is 2.07 bits per heavy atom. The summed E-state index contributed by atoms with van der Waals surface area (Å²) in [6, 6.07) is 9.53. The van der Waals surface area contributed by atoms with Crippen molar-refractivity contribution in [3.8, 4) is 5.75 Å². The maximum atomic E-state index is 8.78. The van der Waals surface area contributed by atoms with Gasteiger partial charge in [-0.1, -0.05) is 6.07 Å². The molecule has 0 radical (unpaired) electrons. The highest BCUT2D eigenvalue weighted by Crippen LogP contribution is 2.25. The molecule has 3 aromatic rings. The molecule has 0 bridgehead atoms. The van der Waals surface area contributed by atoms with Crippen molar-refractivity contribution in [2.75, 3.05) is 38.8 Å². The van der Waals surface area contributed by atoms with Crippen LogP contribution in [0.2, 0.25) is 0 Å². The van der Waals surface area contributed by atoms with Gasteiger partial charge in [0.15, 0.2) is 5.82 Å². The van der Waals surface area contributed by atoms with Crippen molar-refractivity contribution in [2.24, 2.45) is 0 Å². The second-order valence-corrected chi connectivity index (χ2v) is 5.70. The number of methoxy groups -OCH3 is 1. The summed E-state index contributed by atoms with van der Waals surface area (Å²) in [5.74, 6) is 2.04. The molecule has 3 rings (SSSR count). The zero-order valence-electron chi connectivity index (χ0n) is 15.1. The summed E-state index contributed by atoms with van der Waals surface area (Å²) in [6.07, 6.45) is 7.29. The van der Waals surface area contributed by atoms with Crippen LogP contribution in [0.1, 0.15) is 11.4 Å². The van der Waals surface area contributed by atoms with Crippen molar-refractivity contribution in [3.05, 3.63) is 54.1 Å². The van der Waals surface area contributed by atoms with E-state index in [2.05, 4.69) is 20.3 Å². The van der Waals surface area contributed by atoms with Crippen molar-refractivity contribution in [1.82, 2.24) is 15.0 Å². The van der Waals surface area contributed by atoms with Gasteiger partial charge in [-0.25, -0.2) is 9.97 Å². The summed E-state index contributed by atoms with van der Waals surface area (Å²) in [6.45, 7) is 1.36. The molecule has 0 amide bonds. The topological polar surface area (TPSA) is 89.4 Å². The molecule has 7 nitrogen and oxygen atoms in total. The Bertz CT molecular complexity index is 900. The van der Waals surface area contributed by atoms with E-state index in [0.717, 1.165) is 22.2 Å². The van der Waals surface area contributed by atoms with Gasteiger partial charge in [-0.2, -0.15) is 0 Å². The standard InChI is InChI=1S/C20H22N4O3/c1-26-16-5-6-18-17(13-16)20(22-9-11-27-12-10-25)24-19(23-18)7-4-15-3-2-8-21-14-15/h2-8,13-14,25H,9-12H2,1H3,(H,22,23,24)/b7-4+. The molecule has 0 fully saturated rings. The predicted molar refractivity (Wildman–Crippen MR) is 106 cm³/mol. The van der Waals surface area contributed by atoms with E-state index in [-0.39, 0.29) is 6.61 Å². The minimum Gasteiger partial charge on any atom is -0.497 e. The van der Waals surface area contributed by atoms with Crippen LogP contribution in [0.5, 0.6) is 5.75 Å². The van der Waals surface area contributed by atoms with Gasteiger partial charge in [0, 0.05) is 24.3 Å². The lowest BCUT2D eigenvalue weighted by atomic mass is 10.2. The number of aromatic nitrogens is 3. The van der Waals surface area contributed by atoms with Gasteiger partial charge >= 0.3 is 0 Å². The molecule has 140 valence electrons. The van der Waals surface area contributed by atoms with Gasteiger partial charge in [0.2, 0.25) is 0 Å². The Balaban J connectivity index is 1.87. The van der Waals surface area contributed by atoms with Crippen molar-refractivity contribution in [1.29, 1.82) is 0 Å². The average Bonchev–Trinajstić information content (AvgIpc) is 2.72. The third-order valence-corrected chi connectivity index (χ3v) is 3.80. The Hall–Kier alpha value is -3.03. The molecule has 27 heavy (non-hydrogen) atoms. The number of aliphatic hydroxyl groups excluding tert-OH is 1. The fourth-order valence-corrected chi connectivity index (χ4v) is 2.52. The monoisotopic (exact) mass is 366 g/mol. The summed E-state index contributed by atoms with van der Waals surface area (Å²) < 4.78 is 10.6. The molecule has 0 saturated heterocycles. The molecule has 2 N–H and O–H groups in total. The SMILES string of the molecule is COc1ccc2nc(/C=C/c3cccnc3)nc(NCCOCCO)c2c1. The highest BCUT2D eigenvalue weighted by atomic mass is 16.5. The lowest BCUT2D eigenvalue weighted by Gasteiger charge is -2.11. The zero-order chi connectivity index (χ0) is 18.9. The Labute approximate surface area is 157 Å². The van der Waals surface area contributed by atoms with E-state index in [1.807, 2.05) is 42.5 Å². The van der Waals surface area contributed by atoms with Gasteiger partial charge in [-0.3, -0.25) is 4.98 Å². The van der Waals surface area contributed by atoms with Gasteiger partial charge in [-0.15, -0.1) is 0 Å². The zero-order valence-corrected chi connectivity index (χ0v) is 15.1. The first-order valence-corrected chi connectivity index (χ1v) is 8.66. The van der Waals surface area contributed by atoms with Crippen molar-refractivity contribution in [3.63, 3.8) is 0 Å². The van der Waals surface area contributed by atoms with E-state index in [1.165, 1.54) is 0 Å². The first-order chi connectivity index (χ1) is 13.3. The number of aliphatic hydroxyl groups is 1. The minimum atomic E-state index is 0.0108. The third kappa shape index (κ3) is 5.22. The smallest absolute Gasteiger partial charge is 0.154 e. The quantitative estimate of drug-likeness (QED) is 0.563. The number of benzene rings is 1. The molecule has 0 aliphatic heterocycles. The van der Waals surface area contributed by atoms with Crippen LogP contribution < -0.4 is 10.1 Å². The summed E-state index contributed by atoms with van der Waals surface area (Å²) in [5, 5.41) is 12.9. The summed E-state index contributed by atoms with van der Waals surface area (Å²) in [7, 11) is 1.63. The van der Waals surface area contributed by atoms with Gasteiger partial charge in [-0.05, 0) is 42.0 Å². The first-order valence-electron chi connectivity index (χ1n) is 8.66. The summed E-state index contributed by atoms with van der Waals surface area (Å²) in [5.41, 5.74) is 1.79. The molecule has 0 unspecified atom stereocenters. The lowest BCUT2D eigenvalue weighted by molar-refractivity contribution is 0.0992. The van der Waals surface area contributed by atoms with Crippen molar-refractivity contribution >= 4 is 28.9 Å². The van der Waals surface area contributed by atoms with E-state index in [9.17, 15) is 0 Å². The number of nitrogens with one attached hydrogen (secondary N) is 1. The number of anilines is 1. The second kappa shape index (κ2) is 9.61. The molecular weight excluding hydrogens is 344 g/mol. The molecule has 0 atom stereocenters. The van der Waals surface area contributed by atoms with Gasteiger partial charge in [0.05, 0.1) is 32.4 Å². The highest BCUT2D eigenvalue weighted by molar-refractivity contribution is 5.91. The number of ether oxygens (including phenoxy) is 2. The van der Waals surface area contributed by atoms with Crippen LogP contribution in [0.3, 0.4) is 0 Å². The van der Waals surface area contributed by atoms with E-state index in [1.54, 1.807) is 19.5 Å². The predicted octanol–water partition coefficient (Wildman–Crippen LogP) is 2.62. The van der Waals surface area contributed by atoms with Gasteiger partial charge in [0.1, 0.15) is 11.6 Å². The largest absolute Gasteiger partial charge is 0.497 e. The van der Waals surface area contributed by atoms with Crippen LogP contribution in [0.15, 0.2) is 42.7 Å². The first kappa shape index (κ1) is 18.8. The van der Waals surface area contributed by atoms with E-state index in [4.69, 9.17) is 14.6 Å². The number of pyridine rings is 1. The van der Waals surface area contributed by atoms with E-state index >= 15 is 0 Å². The number of nitrogens with zero attached hydrogens (tertiary/aromatic N) is 3. The normalized spacial score (nSPS) is 11.2. The fourth-order valence-electron chi connectivity index (χ4n) is 2.52. The maximum Gasteiger partial charge on any atom is 0.154 e. The molecular formula is C20H22N4O3. The van der Waals surface area contributed by atoms with Crippen LogP contribution in [-0.2, 0) is 4.74 Å². The number of hydrogen-bond donors (Lipinski definition) is 2. The Morgan fingerprint density at radius 3 is 2.85 bits per heavy atom. The van der Waals surface area contributed by atoms with Crippen molar-refractivity contribution in [2.45, 2.75) is 0 Å². The highest BCUT2D eigenvalue weighted by Gasteiger charge is 2.08. The fraction of sp³-hybridized carbons (Fsp3) is 0.250. The number of fused-ring (bicyclic) bond motifs is 1. The summed E-state index contributed by atoms with van der Waals surface area (Å²) in [4.78, 5) is 13.3. The Kier molecular flexibility index (Phi) is 6.67. The lowest BCUT2D eigenvalue weighted by Crippen LogP contribution is -2.13. The van der Waals surface area contributed by atoms with Crippen molar-refractivity contribution < 1.29 is 14.6 Å². The maximum absolute atomic E-state index is 8.78. The van der Waals surface area contributed by atoms with Gasteiger partial charge < -0.3 is 19.9 Å². The Morgan fingerprint density at radius 1 is 1.15 bits per heavy atom. The third-order valence-electron chi connectivity index (χ3n) is 3.80. The van der Waals surface area contributed by atoms with Crippen LogP contribution in [0, 0.1) is 0 Å². The number of hydrogen-bond acceptors (Lipinski definition) is 7. The molecule has 2 heterocycles. The summed E-state index contributed by atoms with van der Waals surface area (Å²) >= 11 is 0. The molecule has 0 saturated carbocycles. The van der Waals surface area contributed by atoms with Gasteiger partial charge in [0.25, 0.3) is 0 Å². The molecule has 1 aromatic carbocycles. The van der Waals surface area contributed by atoms with E-state index in [0.29, 0.717) is 31.4 Å². The second-order valence-electron chi connectivity index (χ2n) is 5.70.